The van der Waals surface area contributed by atoms with Gasteiger partial charge < -0.3 is 15.6 Å². The Morgan fingerprint density at radius 1 is 1.36 bits per heavy atom. The molecule has 0 radical (unpaired) electrons. The topological polar surface area (TPSA) is 72.5 Å². The number of hydrogen-bond acceptors (Lipinski definition) is 4. The molecule has 0 aromatic rings. The van der Waals surface area contributed by atoms with Gasteiger partial charge in [0.25, 0.3) is 0 Å². The lowest BCUT2D eigenvalue weighted by Gasteiger charge is -2.08. The zero-order valence-corrected chi connectivity index (χ0v) is 8.87. The molecule has 0 fully saturated rings. The molecule has 3 N–H and O–H groups in total. The Morgan fingerprint density at radius 3 is 2.57 bits per heavy atom. The van der Waals surface area contributed by atoms with Crippen LogP contribution in [0.5, 0.6) is 0 Å². The van der Waals surface area contributed by atoms with E-state index >= 15 is 0 Å². The molecule has 0 amide bonds. The average Bonchev–Trinajstić information content (AvgIpc) is 2.21. The first-order chi connectivity index (χ1) is 6.72. The Morgan fingerprint density at radius 2 is 2.00 bits per heavy atom. The van der Waals surface area contributed by atoms with E-state index in [0.29, 0.717) is 6.61 Å². The highest BCUT2D eigenvalue weighted by molar-refractivity contribution is 5.75. The van der Waals surface area contributed by atoms with E-state index in [1.807, 2.05) is 0 Å². The fraction of sp³-hybridized carbons (Fsp3) is 0.900. The quantitative estimate of drug-likeness (QED) is 0.452. The minimum atomic E-state index is -0.884. The third-order valence-corrected chi connectivity index (χ3v) is 1.99. The molecule has 0 bridgehead atoms. The van der Waals surface area contributed by atoms with Gasteiger partial charge in [0.15, 0.2) is 0 Å². The summed E-state index contributed by atoms with van der Waals surface area (Å²) in [6.07, 6.45) is 5.57. The highest BCUT2D eigenvalue weighted by atomic mass is 16.5. The predicted octanol–water partition coefficient (Wildman–Crippen LogP) is 0.820. The average molecular weight is 203 g/mol. The molecule has 0 saturated carbocycles. The lowest BCUT2D eigenvalue weighted by Crippen LogP contribution is -2.35. The summed E-state index contributed by atoms with van der Waals surface area (Å²) in [6, 6.07) is -0.884. The van der Waals surface area contributed by atoms with Crippen LogP contribution in [0.1, 0.15) is 39.0 Å². The summed E-state index contributed by atoms with van der Waals surface area (Å²) in [5.41, 5.74) is 5.25. The number of ether oxygens (including phenoxy) is 1. The van der Waals surface area contributed by atoms with E-state index in [2.05, 4.69) is 6.92 Å². The molecule has 0 heterocycles. The number of carbonyl (C=O) groups is 1. The minimum Gasteiger partial charge on any atom is -0.464 e. The van der Waals surface area contributed by atoms with Crippen LogP contribution in [0.3, 0.4) is 0 Å². The maximum absolute atomic E-state index is 11.0. The van der Waals surface area contributed by atoms with Crippen LogP contribution < -0.4 is 5.73 Å². The van der Waals surface area contributed by atoms with Crippen molar-refractivity contribution in [3.63, 3.8) is 0 Å². The number of rotatable bonds is 8. The Bertz CT molecular complexity index is 150. The molecule has 4 nitrogen and oxygen atoms in total. The molecule has 0 aliphatic heterocycles. The van der Waals surface area contributed by atoms with Gasteiger partial charge in [-0.3, -0.25) is 4.79 Å². The van der Waals surface area contributed by atoms with Crippen molar-refractivity contribution in [2.75, 3.05) is 13.2 Å². The lowest BCUT2D eigenvalue weighted by molar-refractivity contribution is -0.146. The fourth-order valence-corrected chi connectivity index (χ4v) is 1.06. The molecule has 84 valence electrons. The molecule has 0 aromatic carbocycles. The maximum atomic E-state index is 11.0. The van der Waals surface area contributed by atoms with E-state index in [4.69, 9.17) is 15.6 Å². The minimum absolute atomic E-state index is 0.353. The largest absolute Gasteiger partial charge is 0.464 e. The SMILES string of the molecule is CCCCCCCOC(=O)C(N)CO. The van der Waals surface area contributed by atoms with Crippen LogP contribution in [0, 0.1) is 0 Å². The number of nitrogens with two attached hydrogens (primary N) is 1. The molecule has 0 aromatic heterocycles. The zero-order chi connectivity index (χ0) is 10.8. The second-order valence-corrected chi connectivity index (χ2v) is 3.37. The van der Waals surface area contributed by atoms with Gasteiger partial charge >= 0.3 is 5.97 Å². The van der Waals surface area contributed by atoms with Gasteiger partial charge in [-0.1, -0.05) is 32.6 Å². The summed E-state index contributed by atoms with van der Waals surface area (Å²) >= 11 is 0. The monoisotopic (exact) mass is 203 g/mol. The first kappa shape index (κ1) is 13.4. The number of hydrogen-bond donors (Lipinski definition) is 2. The second kappa shape index (κ2) is 8.97. The van der Waals surface area contributed by atoms with Gasteiger partial charge in [0, 0.05) is 0 Å². The predicted molar refractivity (Wildman–Crippen MR) is 54.8 cm³/mol. The van der Waals surface area contributed by atoms with Crippen molar-refractivity contribution in [1.29, 1.82) is 0 Å². The van der Waals surface area contributed by atoms with Gasteiger partial charge in [0.2, 0.25) is 0 Å². The van der Waals surface area contributed by atoms with Crippen LogP contribution in [-0.2, 0) is 9.53 Å². The van der Waals surface area contributed by atoms with Crippen molar-refractivity contribution in [3.8, 4) is 0 Å². The third-order valence-electron chi connectivity index (χ3n) is 1.99. The molecule has 0 aliphatic carbocycles. The number of aliphatic hydroxyl groups is 1. The summed E-state index contributed by atoms with van der Waals surface area (Å²) in [7, 11) is 0. The number of esters is 1. The van der Waals surface area contributed by atoms with Crippen LogP contribution in [0.15, 0.2) is 0 Å². The second-order valence-electron chi connectivity index (χ2n) is 3.37. The lowest BCUT2D eigenvalue weighted by atomic mass is 10.2. The summed E-state index contributed by atoms with van der Waals surface area (Å²) in [4.78, 5) is 11.0. The molecule has 0 spiro atoms. The fourth-order valence-electron chi connectivity index (χ4n) is 1.06. The smallest absolute Gasteiger partial charge is 0.325 e. The summed E-state index contributed by atoms with van der Waals surface area (Å²) < 4.78 is 4.85. The van der Waals surface area contributed by atoms with Crippen molar-refractivity contribution in [3.05, 3.63) is 0 Å². The maximum Gasteiger partial charge on any atom is 0.325 e. The van der Waals surface area contributed by atoms with Crippen LogP contribution in [0.2, 0.25) is 0 Å². The van der Waals surface area contributed by atoms with Gasteiger partial charge in [-0.25, -0.2) is 0 Å². The molecular formula is C10H21NO3. The van der Waals surface area contributed by atoms with E-state index in [9.17, 15) is 4.79 Å². The van der Waals surface area contributed by atoms with Gasteiger partial charge in [-0.05, 0) is 6.42 Å². The standard InChI is InChI=1S/C10H21NO3/c1-2-3-4-5-6-7-14-10(13)9(11)8-12/h9,12H,2-8,11H2,1H3. The molecule has 0 saturated heterocycles. The van der Waals surface area contributed by atoms with Gasteiger partial charge in [-0.2, -0.15) is 0 Å². The first-order valence-corrected chi connectivity index (χ1v) is 5.25. The highest BCUT2D eigenvalue weighted by Gasteiger charge is 2.12. The molecule has 14 heavy (non-hydrogen) atoms. The summed E-state index contributed by atoms with van der Waals surface area (Å²) in [5, 5.41) is 8.55. The van der Waals surface area contributed by atoms with Crippen molar-refractivity contribution in [2.45, 2.75) is 45.1 Å². The van der Waals surface area contributed by atoms with Crippen LogP contribution in [0.25, 0.3) is 0 Å². The number of carbonyl (C=O) groups excluding carboxylic acids is 1. The van der Waals surface area contributed by atoms with E-state index in [-0.39, 0.29) is 6.61 Å². The van der Waals surface area contributed by atoms with E-state index in [1.54, 1.807) is 0 Å². The molecule has 0 aliphatic rings. The zero-order valence-electron chi connectivity index (χ0n) is 8.87. The molecule has 1 unspecified atom stereocenters. The number of aliphatic hydroxyl groups excluding tert-OH is 1. The molecular weight excluding hydrogens is 182 g/mol. The molecule has 0 rings (SSSR count). The van der Waals surface area contributed by atoms with E-state index in [0.717, 1.165) is 12.8 Å². The normalized spacial score (nSPS) is 12.5. The van der Waals surface area contributed by atoms with Crippen molar-refractivity contribution in [1.82, 2.24) is 0 Å². The highest BCUT2D eigenvalue weighted by Crippen LogP contribution is 2.02. The van der Waals surface area contributed by atoms with Crippen LogP contribution in [-0.4, -0.2) is 30.3 Å². The van der Waals surface area contributed by atoms with Crippen LogP contribution >= 0.6 is 0 Å². The Labute approximate surface area is 85.4 Å². The van der Waals surface area contributed by atoms with E-state index in [1.165, 1.54) is 19.3 Å². The molecule has 4 heteroatoms. The van der Waals surface area contributed by atoms with Gasteiger partial charge in [0.05, 0.1) is 13.2 Å². The summed E-state index contributed by atoms with van der Waals surface area (Å²) in [5.74, 6) is -0.511. The van der Waals surface area contributed by atoms with Crippen LogP contribution in [0.4, 0.5) is 0 Å². The number of unbranched alkanes of at least 4 members (excludes halogenated alkanes) is 4. The Hall–Kier alpha value is -0.610. The molecule has 1 atom stereocenters. The van der Waals surface area contributed by atoms with E-state index < -0.39 is 12.0 Å². The van der Waals surface area contributed by atoms with Gasteiger partial charge in [0.1, 0.15) is 6.04 Å². The van der Waals surface area contributed by atoms with Crippen molar-refractivity contribution < 1.29 is 14.6 Å². The Balaban J connectivity index is 3.23. The Kier molecular flexibility index (Phi) is 8.57. The summed E-state index contributed by atoms with van der Waals surface area (Å²) in [6.45, 7) is 2.21. The van der Waals surface area contributed by atoms with Crippen molar-refractivity contribution in [2.24, 2.45) is 5.73 Å². The first-order valence-electron chi connectivity index (χ1n) is 5.25. The van der Waals surface area contributed by atoms with Crippen molar-refractivity contribution >= 4 is 5.97 Å². The third kappa shape index (κ3) is 6.86. The van der Waals surface area contributed by atoms with Gasteiger partial charge in [-0.15, -0.1) is 0 Å².